The van der Waals surface area contributed by atoms with Gasteiger partial charge in [0.2, 0.25) is 0 Å². The standard InChI is InChI=1S/C13H15ClN2S/c1-8-4-3-5-10(11(8)14)12(16-15)13-9(2)6-7-17-13/h3-7,12,16H,15H2,1-2H3. The maximum Gasteiger partial charge on any atom is 0.0819 e. The molecule has 1 unspecified atom stereocenters. The van der Waals surface area contributed by atoms with Gasteiger partial charge >= 0.3 is 0 Å². The summed E-state index contributed by atoms with van der Waals surface area (Å²) in [6.45, 7) is 4.08. The van der Waals surface area contributed by atoms with Crippen molar-refractivity contribution >= 4 is 22.9 Å². The summed E-state index contributed by atoms with van der Waals surface area (Å²) < 4.78 is 0. The van der Waals surface area contributed by atoms with Crippen LogP contribution in [-0.4, -0.2) is 0 Å². The highest BCUT2D eigenvalue weighted by Gasteiger charge is 2.19. The fraction of sp³-hybridized carbons (Fsp3) is 0.231. The second kappa shape index (κ2) is 5.19. The van der Waals surface area contributed by atoms with E-state index in [1.807, 2.05) is 25.1 Å². The summed E-state index contributed by atoms with van der Waals surface area (Å²) in [5.74, 6) is 5.68. The lowest BCUT2D eigenvalue weighted by Gasteiger charge is -2.18. The normalized spacial score (nSPS) is 12.7. The van der Waals surface area contributed by atoms with Crippen molar-refractivity contribution in [3.8, 4) is 0 Å². The lowest BCUT2D eigenvalue weighted by molar-refractivity contribution is 0.643. The summed E-state index contributed by atoms with van der Waals surface area (Å²) >= 11 is 8.04. The molecule has 0 fully saturated rings. The Morgan fingerprint density at radius 1 is 1.24 bits per heavy atom. The van der Waals surface area contributed by atoms with Crippen LogP contribution in [0.1, 0.15) is 27.6 Å². The van der Waals surface area contributed by atoms with E-state index in [-0.39, 0.29) is 6.04 Å². The van der Waals surface area contributed by atoms with Gasteiger partial charge in [-0.05, 0) is 42.0 Å². The van der Waals surface area contributed by atoms with Gasteiger partial charge in [0.25, 0.3) is 0 Å². The zero-order valence-corrected chi connectivity index (χ0v) is 11.4. The number of rotatable bonds is 3. The van der Waals surface area contributed by atoms with Gasteiger partial charge in [-0.25, -0.2) is 5.43 Å². The molecular formula is C13H15ClN2S. The molecule has 1 atom stereocenters. The number of benzene rings is 1. The molecule has 0 saturated carbocycles. The molecule has 0 aliphatic carbocycles. The molecule has 90 valence electrons. The summed E-state index contributed by atoms with van der Waals surface area (Å²) in [6.07, 6.45) is 0. The molecule has 1 heterocycles. The Morgan fingerprint density at radius 2 is 2.00 bits per heavy atom. The minimum Gasteiger partial charge on any atom is -0.271 e. The van der Waals surface area contributed by atoms with E-state index in [0.717, 1.165) is 16.1 Å². The molecule has 2 nitrogen and oxygen atoms in total. The van der Waals surface area contributed by atoms with Gasteiger partial charge in [-0.3, -0.25) is 5.84 Å². The molecule has 1 aromatic carbocycles. The zero-order chi connectivity index (χ0) is 12.4. The predicted octanol–water partition coefficient (Wildman–Crippen LogP) is 3.57. The monoisotopic (exact) mass is 266 g/mol. The van der Waals surface area contributed by atoms with Gasteiger partial charge in [0, 0.05) is 9.90 Å². The third-order valence-electron chi connectivity index (χ3n) is 2.86. The number of nitrogens with two attached hydrogens (primary N) is 1. The van der Waals surface area contributed by atoms with Crippen molar-refractivity contribution in [2.75, 3.05) is 0 Å². The third-order valence-corrected chi connectivity index (χ3v) is 4.46. The molecule has 1 aromatic heterocycles. The molecule has 0 saturated heterocycles. The first-order chi connectivity index (χ1) is 8.15. The molecule has 0 aliphatic heterocycles. The molecule has 3 N–H and O–H groups in total. The Morgan fingerprint density at radius 3 is 2.59 bits per heavy atom. The van der Waals surface area contributed by atoms with Crippen molar-refractivity contribution < 1.29 is 0 Å². The minimum absolute atomic E-state index is 0.0394. The number of aryl methyl sites for hydroxylation is 2. The molecule has 2 rings (SSSR count). The summed E-state index contributed by atoms with van der Waals surface area (Å²) in [7, 11) is 0. The average molecular weight is 267 g/mol. The van der Waals surface area contributed by atoms with Crippen LogP contribution >= 0.6 is 22.9 Å². The first-order valence-corrected chi connectivity index (χ1v) is 6.66. The first kappa shape index (κ1) is 12.6. The topological polar surface area (TPSA) is 38.0 Å². The fourth-order valence-corrected chi connectivity index (χ4v) is 3.12. The van der Waals surface area contributed by atoms with E-state index in [4.69, 9.17) is 17.4 Å². The fourth-order valence-electron chi connectivity index (χ4n) is 1.88. The first-order valence-electron chi connectivity index (χ1n) is 5.40. The highest BCUT2D eigenvalue weighted by atomic mass is 35.5. The number of hydrogen-bond donors (Lipinski definition) is 2. The zero-order valence-electron chi connectivity index (χ0n) is 9.83. The van der Waals surface area contributed by atoms with Crippen molar-refractivity contribution in [1.29, 1.82) is 0 Å². The molecule has 0 spiro atoms. The third kappa shape index (κ3) is 2.38. The van der Waals surface area contributed by atoms with E-state index < -0.39 is 0 Å². The van der Waals surface area contributed by atoms with Crippen LogP contribution in [0.2, 0.25) is 5.02 Å². The Labute approximate surface area is 110 Å². The van der Waals surface area contributed by atoms with Crippen LogP contribution in [0.5, 0.6) is 0 Å². The van der Waals surface area contributed by atoms with Crippen molar-refractivity contribution in [3.05, 3.63) is 56.2 Å². The summed E-state index contributed by atoms with van der Waals surface area (Å²) in [5, 5.41) is 2.85. The summed E-state index contributed by atoms with van der Waals surface area (Å²) in [6, 6.07) is 8.07. The number of hydrogen-bond acceptors (Lipinski definition) is 3. The maximum atomic E-state index is 6.35. The van der Waals surface area contributed by atoms with Gasteiger partial charge in [-0.1, -0.05) is 29.8 Å². The van der Waals surface area contributed by atoms with Gasteiger partial charge in [-0.15, -0.1) is 11.3 Å². The minimum atomic E-state index is -0.0394. The van der Waals surface area contributed by atoms with Crippen LogP contribution in [0.4, 0.5) is 0 Å². The van der Waals surface area contributed by atoms with Gasteiger partial charge in [0.1, 0.15) is 0 Å². The van der Waals surface area contributed by atoms with E-state index in [1.165, 1.54) is 10.4 Å². The van der Waals surface area contributed by atoms with Crippen LogP contribution < -0.4 is 11.3 Å². The van der Waals surface area contributed by atoms with E-state index in [1.54, 1.807) is 11.3 Å². The van der Waals surface area contributed by atoms with Crippen molar-refractivity contribution in [2.45, 2.75) is 19.9 Å². The van der Waals surface area contributed by atoms with Crippen molar-refractivity contribution in [3.63, 3.8) is 0 Å². The quantitative estimate of drug-likeness (QED) is 0.658. The summed E-state index contributed by atoms with van der Waals surface area (Å²) in [4.78, 5) is 1.21. The molecule has 0 aliphatic rings. The number of nitrogens with one attached hydrogen (secondary N) is 1. The van der Waals surface area contributed by atoms with Crippen LogP contribution in [-0.2, 0) is 0 Å². The Balaban J connectivity index is 2.50. The maximum absolute atomic E-state index is 6.35. The second-order valence-electron chi connectivity index (χ2n) is 4.05. The van der Waals surface area contributed by atoms with Crippen LogP contribution in [0, 0.1) is 13.8 Å². The van der Waals surface area contributed by atoms with Gasteiger partial charge in [-0.2, -0.15) is 0 Å². The van der Waals surface area contributed by atoms with Gasteiger partial charge < -0.3 is 0 Å². The molecule has 17 heavy (non-hydrogen) atoms. The van der Waals surface area contributed by atoms with Crippen molar-refractivity contribution in [1.82, 2.24) is 5.43 Å². The van der Waals surface area contributed by atoms with Crippen molar-refractivity contribution in [2.24, 2.45) is 5.84 Å². The Kier molecular flexibility index (Phi) is 3.84. The highest BCUT2D eigenvalue weighted by molar-refractivity contribution is 7.10. The number of halogens is 1. The molecule has 0 amide bonds. The lowest BCUT2D eigenvalue weighted by atomic mass is 10.0. The number of hydrazine groups is 1. The summed E-state index contributed by atoms with van der Waals surface area (Å²) in [5.41, 5.74) is 6.18. The Bertz CT molecular complexity index is 522. The predicted molar refractivity (Wildman–Crippen MR) is 74.4 cm³/mol. The number of thiophene rings is 1. The van der Waals surface area contributed by atoms with Crippen LogP contribution in [0.25, 0.3) is 0 Å². The van der Waals surface area contributed by atoms with Crippen LogP contribution in [0.15, 0.2) is 29.6 Å². The molecule has 0 bridgehead atoms. The second-order valence-corrected chi connectivity index (χ2v) is 5.37. The molecule has 4 heteroatoms. The smallest absolute Gasteiger partial charge is 0.0819 e. The van der Waals surface area contributed by atoms with Gasteiger partial charge in [0.05, 0.1) is 6.04 Å². The van der Waals surface area contributed by atoms with E-state index in [9.17, 15) is 0 Å². The highest BCUT2D eigenvalue weighted by Crippen LogP contribution is 2.33. The average Bonchev–Trinajstić information content (AvgIpc) is 2.72. The molecule has 0 radical (unpaired) electrons. The lowest BCUT2D eigenvalue weighted by Crippen LogP contribution is -2.29. The largest absolute Gasteiger partial charge is 0.271 e. The van der Waals surface area contributed by atoms with E-state index >= 15 is 0 Å². The van der Waals surface area contributed by atoms with E-state index in [2.05, 4.69) is 23.8 Å². The Hall–Kier alpha value is -0.870. The van der Waals surface area contributed by atoms with E-state index in [0.29, 0.717) is 0 Å². The molecule has 2 aromatic rings. The van der Waals surface area contributed by atoms with Crippen LogP contribution in [0.3, 0.4) is 0 Å². The SMILES string of the molecule is Cc1ccsc1C(NN)c1cccc(C)c1Cl. The van der Waals surface area contributed by atoms with Gasteiger partial charge in [0.15, 0.2) is 0 Å². The molecular weight excluding hydrogens is 252 g/mol.